The molecular formula is C12H16F3N3O3S. The number of carbonyl (C=O) groups is 1. The first-order chi connectivity index (χ1) is 10.0. The molecule has 0 saturated heterocycles. The van der Waals surface area contributed by atoms with Crippen molar-refractivity contribution in [2.75, 3.05) is 18.4 Å². The number of amides is 1. The van der Waals surface area contributed by atoms with Gasteiger partial charge in [-0.15, -0.1) is 0 Å². The van der Waals surface area contributed by atoms with Crippen molar-refractivity contribution in [3.05, 3.63) is 24.3 Å². The minimum Gasteiger partial charge on any atom is -0.330 e. The number of benzene rings is 1. The van der Waals surface area contributed by atoms with E-state index < -0.39 is 28.7 Å². The number of alkyl halides is 3. The van der Waals surface area contributed by atoms with Crippen molar-refractivity contribution in [2.45, 2.75) is 18.0 Å². The molecule has 4 N–H and O–H groups in total. The molecule has 0 spiro atoms. The Hall–Kier alpha value is -1.65. The Bertz CT molecular complexity index is 615. The molecule has 124 valence electrons. The normalized spacial score (nSPS) is 13.7. The van der Waals surface area contributed by atoms with E-state index in [1.165, 1.54) is 16.9 Å². The van der Waals surface area contributed by atoms with Crippen LogP contribution < -0.4 is 15.8 Å². The van der Waals surface area contributed by atoms with Gasteiger partial charge in [0.1, 0.15) is 6.54 Å². The fraction of sp³-hybridized carbons (Fsp3) is 0.417. The lowest BCUT2D eigenvalue weighted by atomic mass is 10.1. The van der Waals surface area contributed by atoms with Crippen LogP contribution in [-0.4, -0.2) is 33.6 Å². The minimum atomic E-state index is -4.64. The number of sulfonamides is 1. The van der Waals surface area contributed by atoms with E-state index in [0.717, 1.165) is 12.1 Å². The van der Waals surface area contributed by atoms with Gasteiger partial charge in [0.2, 0.25) is 15.9 Å². The Morgan fingerprint density at radius 1 is 1.27 bits per heavy atom. The molecule has 0 aromatic heterocycles. The Morgan fingerprint density at radius 3 is 2.27 bits per heavy atom. The van der Waals surface area contributed by atoms with Crippen molar-refractivity contribution in [3.8, 4) is 0 Å². The summed E-state index contributed by atoms with van der Waals surface area (Å²) < 4.78 is 60.9. The standard InChI is InChI=1S/C12H16F3N3O3S/c1-8(6-16)11(19)18-9-2-4-10(5-3-9)22(20,21)17-7-12(13,14)15/h2-5,8,17H,6-7,16H2,1H3,(H,18,19). The van der Waals surface area contributed by atoms with Gasteiger partial charge >= 0.3 is 6.18 Å². The van der Waals surface area contributed by atoms with Gasteiger partial charge in [0.25, 0.3) is 0 Å². The third-order valence-electron chi connectivity index (χ3n) is 2.70. The summed E-state index contributed by atoms with van der Waals surface area (Å²) in [5.41, 5.74) is 5.66. The maximum atomic E-state index is 12.0. The first-order valence-electron chi connectivity index (χ1n) is 6.22. The fourth-order valence-electron chi connectivity index (χ4n) is 1.35. The molecule has 0 bridgehead atoms. The van der Waals surface area contributed by atoms with Crippen LogP contribution in [0, 0.1) is 5.92 Å². The van der Waals surface area contributed by atoms with E-state index in [1.54, 1.807) is 6.92 Å². The molecule has 10 heteroatoms. The zero-order chi connectivity index (χ0) is 17.0. The lowest BCUT2D eigenvalue weighted by Crippen LogP contribution is -2.33. The molecule has 0 heterocycles. The highest BCUT2D eigenvalue weighted by Gasteiger charge is 2.30. The summed E-state index contributed by atoms with van der Waals surface area (Å²) in [6, 6.07) is 4.76. The third-order valence-corrected chi connectivity index (χ3v) is 4.11. The Kier molecular flexibility index (Phi) is 5.92. The molecule has 1 unspecified atom stereocenters. The third kappa shape index (κ3) is 5.62. The highest BCUT2D eigenvalue weighted by molar-refractivity contribution is 7.89. The zero-order valence-electron chi connectivity index (χ0n) is 11.6. The van der Waals surface area contributed by atoms with Gasteiger partial charge in [0.05, 0.1) is 4.90 Å². The summed E-state index contributed by atoms with van der Waals surface area (Å²) in [4.78, 5) is 11.3. The summed E-state index contributed by atoms with van der Waals surface area (Å²) in [5.74, 6) is -0.759. The van der Waals surface area contributed by atoms with Crippen molar-refractivity contribution >= 4 is 21.6 Å². The predicted molar refractivity (Wildman–Crippen MR) is 74.5 cm³/mol. The van der Waals surface area contributed by atoms with Gasteiger partial charge in [-0.25, -0.2) is 13.1 Å². The molecule has 0 aliphatic carbocycles. The van der Waals surface area contributed by atoms with Gasteiger partial charge in [-0.3, -0.25) is 4.79 Å². The van der Waals surface area contributed by atoms with Gasteiger partial charge in [0, 0.05) is 18.2 Å². The first-order valence-corrected chi connectivity index (χ1v) is 7.71. The van der Waals surface area contributed by atoms with Crippen LogP contribution in [0.15, 0.2) is 29.2 Å². The molecule has 0 radical (unpaired) electrons. The highest BCUT2D eigenvalue weighted by Crippen LogP contribution is 2.17. The number of halogens is 3. The maximum Gasteiger partial charge on any atom is 0.402 e. The Morgan fingerprint density at radius 2 is 1.82 bits per heavy atom. The van der Waals surface area contributed by atoms with Crippen molar-refractivity contribution in [1.82, 2.24) is 4.72 Å². The lowest BCUT2D eigenvalue weighted by molar-refractivity contribution is -0.121. The van der Waals surface area contributed by atoms with Crippen LogP contribution in [0.5, 0.6) is 0 Å². The molecular weight excluding hydrogens is 323 g/mol. The maximum absolute atomic E-state index is 12.0. The van der Waals surface area contributed by atoms with Crippen molar-refractivity contribution < 1.29 is 26.4 Å². The predicted octanol–water partition coefficient (Wildman–Crippen LogP) is 1.06. The average molecular weight is 339 g/mol. The largest absolute Gasteiger partial charge is 0.402 e. The summed E-state index contributed by atoms with van der Waals surface area (Å²) in [7, 11) is -4.26. The molecule has 1 aromatic carbocycles. The number of rotatable bonds is 6. The zero-order valence-corrected chi connectivity index (χ0v) is 12.5. The van der Waals surface area contributed by atoms with E-state index in [-0.39, 0.29) is 17.3 Å². The fourth-order valence-corrected chi connectivity index (χ4v) is 2.36. The number of hydrogen-bond acceptors (Lipinski definition) is 4. The lowest BCUT2D eigenvalue weighted by Gasteiger charge is -2.11. The van der Waals surface area contributed by atoms with E-state index in [0.29, 0.717) is 5.69 Å². The van der Waals surface area contributed by atoms with Crippen molar-refractivity contribution in [3.63, 3.8) is 0 Å². The van der Waals surface area contributed by atoms with Gasteiger partial charge in [-0.05, 0) is 24.3 Å². The molecule has 22 heavy (non-hydrogen) atoms. The van der Waals surface area contributed by atoms with E-state index in [9.17, 15) is 26.4 Å². The number of anilines is 1. The molecule has 0 fully saturated rings. The molecule has 1 aromatic rings. The Labute approximate surface area is 125 Å². The number of hydrogen-bond donors (Lipinski definition) is 3. The summed E-state index contributed by atoms with van der Waals surface area (Å²) >= 11 is 0. The number of nitrogens with two attached hydrogens (primary N) is 1. The molecule has 1 rings (SSSR count). The van der Waals surface area contributed by atoms with Crippen LogP contribution in [0.25, 0.3) is 0 Å². The number of carbonyl (C=O) groups excluding carboxylic acids is 1. The molecule has 1 atom stereocenters. The van der Waals surface area contributed by atoms with Gasteiger partial charge in [0.15, 0.2) is 0 Å². The quantitative estimate of drug-likeness (QED) is 0.721. The van der Waals surface area contributed by atoms with E-state index in [2.05, 4.69) is 5.32 Å². The van der Waals surface area contributed by atoms with Crippen LogP contribution in [0.3, 0.4) is 0 Å². The topological polar surface area (TPSA) is 101 Å². The van der Waals surface area contributed by atoms with Crippen molar-refractivity contribution in [2.24, 2.45) is 11.7 Å². The summed E-state index contributed by atoms with van der Waals surface area (Å²) in [6.45, 7) is 0.122. The SMILES string of the molecule is CC(CN)C(=O)Nc1ccc(S(=O)(=O)NCC(F)(F)F)cc1. The van der Waals surface area contributed by atoms with Crippen LogP contribution in [0.4, 0.5) is 18.9 Å². The minimum absolute atomic E-state index is 0.152. The van der Waals surface area contributed by atoms with E-state index in [4.69, 9.17) is 5.73 Å². The van der Waals surface area contributed by atoms with E-state index in [1.807, 2.05) is 0 Å². The molecule has 0 saturated carbocycles. The van der Waals surface area contributed by atoms with E-state index >= 15 is 0 Å². The first kappa shape index (κ1) is 18.4. The highest BCUT2D eigenvalue weighted by atomic mass is 32.2. The second-order valence-corrected chi connectivity index (χ2v) is 6.36. The smallest absolute Gasteiger partial charge is 0.330 e. The second-order valence-electron chi connectivity index (χ2n) is 4.59. The van der Waals surface area contributed by atoms with Gasteiger partial charge in [-0.2, -0.15) is 13.2 Å². The second kappa shape index (κ2) is 7.07. The number of nitrogens with one attached hydrogen (secondary N) is 2. The van der Waals surface area contributed by atoms with Crippen LogP contribution in [0.2, 0.25) is 0 Å². The Balaban J connectivity index is 2.78. The molecule has 0 aliphatic heterocycles. The van der Waals surface area contributed by atoms with Crippen LogP contribution in [-0.2, 0) is 14.8 Å². The molecule has 1 amide bonds. The molecule has 6 nitrogen and oxygen atoms in total. The monoisotopic (exact) mass is 339 g/mol. The van der Waals surface area contributed by atoms with Crippen LogP contribution in [0.1, 0.15) is 6.92 Å². The van der Waals surface area contributed by atoms with Crippen LogP contribution >= 0.6 is 0 Å². The summed E-state index contributed by atoms with van der Waals surface area (Å²) in [6.07, 6.45) is -4.64. The van der Waals surface area contributed by atoms with Crippen molar-refractivity contribution in [1.29, 1.82) is 0 Å². The van der Waals surface area contributed by atoms with Gasteiger partial charge < -0.3 is 11.1 Å². The van der Waals surface area contributed by atoms with Gasteiger partial charge in [-0.1, -0.05) is 6.92 Å². The molecule has 0 aliphatic rings. The summed E-state index contributed by atoms with van der Waals surface area (Å²) in [5, 5.41) is 2.51. The average Bonchev–Trinajstić information content (AvgIpc) is 2.44.